The molecule has 2 N–H and O–H groups in total. The third-order valence-corrected chi connectivity index (χ3v) is 4.91. The number of nitrogens with two attached hydrogens (primary N) is 1. The lowest BCUT2D eigenvalue weighted by Gasteiger charge is -2.43. The van der Waals surface area contributed by atoms with Crippen molar-refractivity contribution in [3.63, 3.8) is 0 Å². The summed E-state index contributed by atoms with van der Waals surface area (Å²) in [6, 6.07) is 0.300. The minimum atomic E-state index is -0.581. The number of hydrogen-bond acceptors (Lipinski definition) is 3. The molecule has 4 nitrogen and oxygen atoms in total. The number of hydrogen-bond donors (Lipinski definition) is 1. The van der Waals surface area contributed by atoms with Crippen LogP contribution in [-0.4, -0.2) is 41.6 Å². The van der Waals surface area contributed by atoms with Crippen LogP contribution in [0.25, 0.3) is 0 Å². The van der Waals surface area contributed by atoms with E-state index in [-0.39, 0.29) is 12.0 Å². The maximum atomic E-state index is 12.8. The minimum absolute atomic E-state index is 0.197. The van der Waals surface area contributed by atoms with Gasteiger partial charge in [0.1, 0.15) is 0 Å². The van der Waals surface area contributed by atoms with E-state index in [1.807, 2.05) is 4.90 Å². The predicted octanol–water partition coefficient (Wildman–Crippen LogP) is 1.43. The molecule has 3 rings (SSSR count). The van der Waals surface area contributed by atoms with E-state index in [0.717, 1.165) is 45.1 Å². The molecule has 2 atom stereocenters. The summed E-state index contributed by atoms with van der Waals surface area (Å²) in [6.45, 7) is 1.42. The fourth-order valence-corrected chi connectivity index (χ4v) is 3.86. The summed E-state index contributed by atoms with van der Waals surface area (Å²) in [5, 5.41) is 0. The van der Waals surface area contributed by atoms with E-state index in [0.29, 0.717) is 12.6 Å². The van der Waals surface area contributed by atoms with Gasteiger partial charge in [-0.2, -0.15) is 0 Å². The Balaban J connectivity index is 1.74. The number of carbonyl (C=O) groups is 1. The van der Waals surface area contributed by atoms with Crippen LogP contribution >= 0.6 is 0 Å². The van der Waals surface area contributed by atoms with E-state index in [1.54, 1.807) is 0 Å². The molecule has 1 amide bonds. The molecule has 3 fully saturated rings. The summed E-state index contributed by atoms with van der Waals surface area (Å²) < 4.78 is 5.77. The van der Waals surface area contributed by atoms with E-state index < -0.39 is 5.54 Å². The van der Waals surface area contributed by atoms with Gasteiger partial charge in [-0.15, -0.1) is 0 Å². The third kappa shape index (κ3) is 2.05. The van der Waals surface area contributed by atoms with Crippen LogP contribution in [-0.2, 0) is 9.53 Å². The van der Waals surface area contributed by atoms with Gasteiger partial charge in [-0.05, 0) is 32.1 Å². The van der Waals surface area contributed by atoms with Crippen molar-refractivity contribution < 1.29 is 9.53 Å². The molecular weight excluding hydrogens is 228 g/mol. The number of carbonyl (C=O) groups excluding carboxylic acids is 1. The van der Waals surface area contributed by atoms with Gasteiger partial charge in [0.15, 0.2) is 0 Å². The molecule has 0 aromatic rings. The fraction of sp³-hybridized carbons (Fsp3) is 0.929. The van der Waals surface area contributed by atoms with Crippen molar-refractivity contribution in [1.82, 2.24) is 4.90 Å². The molecule has 0 aromatic heterocycles. The summed E-state index contributed by atoms with van der Waals surface area (Å²) in [4.78, 5) is 14.8. The highest BCUT2D eigenvalue weighted by molar-refractivity contribution is 5.86. The summed E-state index contributed by atoms with van der Waals surface area (Å²) in [5.74, 6) is 0.197. The number of ether oxygens (including phenoxy) is 1. The Kier molecular flexibility index (Phi) is 3.32. The van der Waals surface area contributed by atoms with Gasteiger partial charge in [0.25, 0.3) is 0 Å². The molecule has 18 heavy (non-hydrogen) atoms. The molecule has 0 bridgehead atoms. The van der Waals surface area contributed by atoms with E-state index in [4.69, 9.17) is 10.5 Å². The van der Waals surface area contributed by atoms with Crippen molar-refractivity contribution in [3.05, 3.63) is 0 Å². The molecule has 0 radical (unpaired) electrons. The molecule has 0 aromatic carbocycles. The van der Waals surface area contributed by atoms with Gasteiger partial charge < -0.3 is 15.4 Å². The van der Waals surface area contributed by atoms with E-state index >= 15 is 0 Å². The fourth-order valence-electron chi connectivity index (χ4n) is 3.86. The van der Waals surface area contributed by atoms with Gasteiger partial charge in [-0.25, -0.2) is 0 Å². The Morgan fingerprint density at radius 2 is 1.94 bits per heavy atom. The smallest absolute Gasteiger partial charge is 0.243 e. The first-order chi connectivity index (χ1) is 8.71. The monoisotopic (exact) mass is 252 g/mol. The molecule has 4 heteroatoms. The topological polar surface area (TPSA) is 55.6 Å². The normalized spacial score (nSPS) is 35.3. The molecule has 1 heterocycles. The van der Waals surface area contributed by atoms with Crippen molar-refractivity contribution >= 4 is 5.91 Å². The molecule has 2 saturated carbocycles. The zero-order valence-corrected chi connectivity index (χ0v) is 11.1. The standard InChI is InChI=1S/C14H24N2O2/c15-14(7-2-1-3-8-14)13(17)16-9-10-18-12-6-4-5-11(12)16/h11-12H,1-10,15H2. The van der Waals surface area contributed by atoms with Crippen molar-refractivity contribution in [2.45, 2.75) is 69.1 Å². The SMILES string of the molecule is NC1(C(=O)N2CCOC3CCCC32)CCCCC1. The van der Waals surface area contributed by atoms with Gasteiger partial charge in [-0.1, -0.05) is 19.3 Å². The van der Waals surface area contributed by atoms with Crippen LogP contribution in [0.15, 0.2) is 0 Å². The third-order valence-electron chi connectivity index (χ3n) is 4.91. The minimum Gasteiger partial charge on any atom is -0.374 e. The number of rotatable bonds is 1. The van der Waals surface area contributed by atoms with Gasteiger partial charge in [0.05, 0.1) is 24.3 Å². The first-order valence-corrected chi connectivity index (χ1v) is 7.42. The molecule has 1 saturated heterocycles. The van der Waals surface area contributed by atoms with Gasteiger partial charge in [-0.3, -0.25) is 4.79 Å². The van der Waals surface area contributed by atoms with Crippen LogP contribution in [0, 0.1) is 0 Å². The highest BCUT2D eigenvalue weighted by Crippen LogP contribution is 2.34. The molecular formula is C14H24N2O2. The second-order valence-electron chi connectivity index (χ2n) is 6.12. The van der Waals surface area contributed by atoms with Crippen LogP contribution in [0.5, 0.6) is 0 Å². The van der Waals surface area contributed by atoms with E-state index in [1.165, 1.54) is 12.8 Å². The Morgan fingerprint density at radius 1 is 1.17 bits per heavy atom. The second kappa shape index (κ2) is 4.82. The largest absolute Gasteiger partial charge is 0.374 e. The molecule has 1 aliphatic heterocycles. The van der Waals surface area contributed by atoms with Crippen molar-refractivity contribution in [2.75, 3.05) is 13.2 Å². The van der Waals surface area contributed by atoms with E-state index in [9.17, 15) is 4.79 Å². The summed E-state index contributed by atoms with van der Waals surface area (Å²) in [6.07, 6.45) is 8.79. The average molecular weight is 252 g/mol. The Morgan fingerprint density at radius 3 is 2.72 bits per heavy atom. The number of fused-ring (bicyclic) bond motifs is 1. The van der Waals surface area contributed by atoms with Crippen molar-refractivity contribution in [2.24, 2.45) is 5.73 Å². The van der Waals surface area contributed by atoms with Crippen LogP contribution in [0.3, 0.4) is 0 Å². The van der Waals surface area contributed by atoms with Crippen molar-refractivity contribution in [1.29, 1.82) is 0 Å². The van der Waals surface area contributed by atoms with Gasteiger partial charge in [0, 0.05) is 6.54 Å². The van der Waals surface area contributed by atoms with Crippen LogP contribution in [0.4, 0.5) is 0 Å². The Bertz CT molecular complexity index is 326. The first kappa shape index (κ1) is 12.4. The molecule has 2 aliphatic carbocycles. The van der Waals surface area contributed by atoms with Crippen molar-refractivity contribution in [3.8, 4) is 0 Å². The van der Waals surface area contributed by atoms with E-state index in [2.05, 4.69) is 0 Å². The van der Waals surface area contributed by atoms with Crippen LogP contribution < -0.4 is 5.73 Å². The summed E-state index contributed by atoms with van der Waals surface area (Å²) in [5.41, 5.74) is 5.80. The first-order valence-electron chi connectivity index (χ1n) is 7.42. The molecule has 2 unspecified atom stereocenters. The zero-order valence-electron chi connectivity index (χ0n) is 11.1. The number of morpholine rings is 1. The van der Waals surface area contributed by atoms with Gasteiger partial charge >= 0.3 is 0 Å². The molecule has 0 spiro atoms. The lowest BCUT2D eigenvalue weighted by Crippen LogP contribution is -2.62. The summed E-state index contributed by atoms with van der Waals surface area (Å²) in [7, 11) is 0. The lowest BCUT2D eigenvalue weighted by atomic mass is 9.81. The van der Waals surface area contributed by atoms with Gasteiger partial charge in [0.2, 0.25) is 5.91 Å². The highest BCUT2D eigenvalue weighted by atomic mass is 16.5. The predicted molar refractivity (Wildman–Crippen MR) is 69.1 cm³/mol. The maximum Gasteiger partial charge on any atom is 0.243 e. The maximum absolute atomic E-state index is 12.8. The Labute approximate surface area is 109 Å². The van der Waals surface area contributed by atoms with Crippen LogP contribution in [0.2, 0.25) is 0 Å². The average Bonchev–Trinajstić information content (AvgIpc) is 2.87. The number of nitrogens with zero attached hydrogens (tertiary/aromatic N) is 1. The number of amides is 1. The molecule has 3 aliphatic rings. The van der Waals surface area contributed by atoms with Crippen LogP contribution in [0.1, 0.15) is 51.4 Å². The summed E-state index contributed by atoms with van der Waals surface area (Å²) >= 11 is 0. The molecule has 102 valence electrons. The Hall–Kier alpha value is -0.610. The quantitative estimate of drug-likeness (QED) is 0.768. The zero-order chi connectivity index (χ0) is 12.6. The highest BCUT2D eigenvalue weighted by Gasteiger charge is 2.45. The lowest BCUT2D eigenvalue weighted by molar-refractivity contribution is -0.151. The second-order valence-corrected chi connectivity index (χ2v) is 6.12.